The van der Waals surface area contributed by atoms with Crippen LogP contribution in [0, 0.1) is 6.92 Å². The highest BCUT2D eigenvalue weighted by molar-refractivity contribution is 9.10. The molecular formula is C19H19BrN2O3. The summed E-state index contributed by atoms with van der Waals surface area (Å²) in [5.74, 6) is 1.34. The molecule has 2 aliphatic heterocycles. The molecule has 1 fully saturated rings. The summed E-state index contributed by atoms with van der Waals surface area (Å²) in [4.78, 5) is 14.6. The molecule has 2 heterocycles. The van der Waals surface area contributed by atoms with Crippen molar-refractivity contribution in [3.63, 3.8) is 0 Å². The molecule has 6 heteroatoms. The number of methoxy groups -OCH3 is 1. The highest BCUT2D eigenvalue weighted by Crippen LogP contribution is 2.50. The SMILES string of the molecule is COc1cc(Br)cc2c1O[C@@]1(C)C[C@H]2NC(=O)N1c1ccccc1C. The molecule has 5 nitrogen and oxygen atoms in total. The van der Waals surface area contributed by atoms with Crippen LogP contribution in [0.3, 0.4) is 0 Å². The summed E-state index contributed by atoms with van der Waals surface area (Å²) in [5.41, 5.74) is 2.02. The molecule has 2 aliphatic rings. The number of hydrogen-bond donors (Lipinski definition) is 1. The fourth-order valence-electron chi connectivity index (χ4n) is 3.73. The number of anilines is 1. The molecule has 1 N–H and O–H groups in total. The number of benzene rings is 2. The van der Waals surface area contributed by atoms with Crippen molar-refractivity contribution in [2.75, 3.05) is 12.0 Å². The molecule has 2 aromatic rings. The smallest absolute Gasteiger partial charge is 0.325 e. The third-order valence-electron chi connectivity index (χ3n) is 4.88. The molecule has 2 amide bonds. The van der Waals surface area contributed by atoms with Gasteiger partial charge < -0.3 is 14.8 Å². The van der Waals surface area contributed by atoms with Crippen LogP contribution in [0.4, 0.5) is 10.5 Å². The van der Waals surface area contributed by atoms with E-state index in [1.54, 1.807) is 12.0 Å². The summed E-state index contributed by atoms with van der Waals surface area (Å²) in [5, 5.41) is 3.11. The first-order chi connectivity index (χ1) is 11.9. The summed E-state index contributed by atoms with van der Waals surface area (Å²) in [6.07, 6.45) is 0.652. The zero-order valence-corrected chi connectivity index (χ0v) is 15.9. The van der Waals surface area contributed by atoms with Crippen LogP contribution in [0.5, 0.6) is 11.5 Å². The van der Waals surface area contributed by atoms with E-state index in [9.17, 15) is 4.79 Å². The number of aryl methyl sites for hydroxylation is 1. The van der Waals surface area contributed by atoms with Crippen molar-refractivity contribution in [1.82, 2.24) is 5.32 Å². The number of carbonyl (C=O) groups is 1. The van der Waals surface area contributed by atoms with Gasteiger partial charge in [0.2, 0.25) is 0 Å². The Labute approximate surface area is 155 Å². The molecule has 0 unspecified atom stereocenters. The number of para-hydroxylation sites is 1. The summed E-state index contributed by atoms with van der Waals surface area (Å²) in [7, 11) is 1.62. The zero-order chi connectivity index (χ0) is 17.8. The summed E-state index contributed by atoms with van der Waals surface area (Å²) in [6, 6.07) is 11.4. The van der Waals surface area contributed by atoms with E-state index in [0.29, 0.717) is 17.9 Å². The van der Waals surface area contributed by atoms with Gasteiger partial charge in [-0.25, -0.2) is 4.79 Å². The average Bonchev–Trinajstić information content (AvgIpc) is 2.56. The number of nitrogens with one attached hydrogen (secondary N) is 1. The average molecular weight is 403 g/mol. The van der Waals surface area contributed by atoms with Crippen molar-refractivity contribution in [2.24, 2.45) is 0 Å². The van der Waals surface area contributed by atoms with Gasteiger partial charge in [0.15, 0.2) is 17.2 Å². The van der Waals surface area contributed by atoms with Gasteiger partial charge in [-0.1, -0.05) is 34.1 Å². The number of amides is 2. The van der Waals surface area contributed by atoms with Crippen molar-refractivity contribution >= 4 is 27.6 Å². The van der Waals surface area contributed by atoms with E-state index in [2.05, 4.69) is 21.2 Å². The van der Waals surface area contributed by atoms with Crippen LogP contribution in [0.15, 0.2) is 40.9 Å². The predicted octanol–water partition coefficient (Wildman–Crippen LogP) is 4.54. The Bertz CT molecular complexity index is 870. The molecule has 2 bridgehead atoms. The highest BCUT2D eigenvalue weighted by atomic mass is 79.9. The molecule has 0 spiro atoms. The topological polar surface area (TPSA) is 50.8 Å². The van der Waals surface area contributed by atoms with Crippen molar-refractivity contribution in [1.29, 1.82) is 0 Å². The van der Waals surface area contributed by atoms with E-state index in [4.69, 9.17) is 9.47 Å². The lowest BCUT2D eigenvalue weighted by Crippen LogP contribution is -2.65. The van der Waals surface area contributed by atoms with Gasteiger partial charge in [-0.05, 0) is 37.6 Å². The maximum absolute atomic E-state index is 12.9. The van der Waals surface area contributed by atoms with E-state index in [0.717, 1.165) is 21.3 Å². The molecule has 0 aliphatic carbocycles. The minimum atomic E-state index is -0.785. The first-order valence-corrected chi connectivity index (χ1v) is 8.95. The number of halogens is 1. The number of fused-ring (bicyclic) bond motifs is 4. The summed E-state index contributed by atoms with van der Waals surface area (Å²) >= 11 is 3.50. The third-order valence-corrected chi connectivity index (χ3v) is 5.34. The summed E-state index contributed by atoms with van der Waals surface area (Å²) in [6.45, 7) is 3.95. The van der Waals surface area contributed by atoms with Crippen molar-refractivity contribution in [3.8, 4) is 11.5 Å². The van der Waals surface area contributed by atoms with E-state index >= 15 is 0 Å². The first kappa shape index (κ1) is 16.3. The van der Waals surface area contributed by atoms with Crippen molar-refractivity contribution in [2.45, 2.75) is 32.0 Å². The molecular weight excluding hydrogens is 384 g/mol. The van der Waals surface area contributed by atoms with Gasteiger partial charge in [0.05, 0.1) is 18.8 Å². The second-order valence-electron chi connectivity index (χ2n) is 6.63. The molecule has 25 heavy (non-hydrogen) atoms. The number of urea groups is 1. The van der Waals surface area contributed by atoms with Crippen LogP contribution in [0.1, 0.15) is 30.5 Å². The fourth-order valence-corrected chi connectivity index (χ4v) is 4.19. The largest absolute Gasteiger partial charge is 0.493 e. The Morgan fingerprint density at radius 1 is 1.36 bits per heavy atom. The minimum Gasteiger partial charge on any atom is -0.493 e. The minimum absolute atomic E-state index is 0.118. The van der Waals surface area contributed by atoms with E-state index < -0.39 is 5.72 Å². The van der Waals surface area contributed by atoms with Crippen LogP contribution in [0.25, 0.3) is 0 Å². The molecule has 0 saturated carbocycles. The zero-order valence-electron chi connectivity index (χ0n) is 14.3. The Morgan fingerprint density at radius 3 is 2.84 bits per heavy atom. The second-order valence-corrected chi connectivity index (χ2v) is 7.55. The van der Waals surface area contributed by atoms with Crippen molar-refractivity contribution in [3.05, 3.63) is 52.0 Å². The Kier molecular flexibility index (Phi) is 3.68. The fraction of sp³-hybridized carbons (Fsp3) is 0.316. The van der Waals surface area contributed by atoms with Crippen molar-refractivity contribution < 1.29 is 14.3 Å². The lowest BCUT2D eigenvalue weighted by molar-refractivity contribution is 0.0348. The number of hydrogen-bond acceptors (Lipinski definition) is 3. The van der Waals surface area contributed by atoms with Gasteiger partial charge in [-0.15, -0.1) is 0 Å². The second kappa shape index (κ2) is 5.66. The molecule has 0 aromatic heterocycles. The normalized spacial score (nSPS) is 24.2. The van der Waals surface area contributed by atoms with Gasteiger partial charge in [0.1, 0.15) is 0 Å². The summed E-state index contributed by atoms with van der Waals surface area (Å²) < 4.78 is 12.8. The first-order valence-electron chi connectivity index (χ1n) is 8.16. The lowest BCUT2D eigenvalue weighted by Gasteiger charge is -2.51. The van der Waals surface area contributed by atoms with Gasteiger partial charge in [-0.3, -0.25) is 4.90 Å². The molecule has 4 rings (SSSR count). The Balaban J connectivity index is 1.86. The van der Waals surface area contributed by atoms with Gasteiger partial charge >= 0.3 is 6.03 Å². The quantitative estimate of drug-likeness (QED) is 0.802. The maximum atomic E-state index is 12.9. The van der Waals surface area contributed by atoms with Gasteiger partial charge in [0, 0.05) is 16.5 Å². The van der Waals surface area contributed by atoms with E-state index in [1.807, 2.05) is 50.2 Å². The van der Waals surface area contributed by atoms with Crippen LogP contribution in [-0.2, 0) is 0 Å². The van der Waals surface area contributed by atoms with Crippen LogP contribution < -0.4 is 19.7 Å². The Hall–Kier alpha value is -2.21. The standard InChI is InChI=1S/C19H19BrN2O3/c1-11-6-4-5-7-15(11)22-18(23)21-14-10-19(22,2)25-17-13(14)8-12(20)9-16(17)24-3/h4-9,14H,10H2,1-3H3,(H,21,23)/t14-,19+/m1/s1. The molecule has 2 aromatic carbocycles. The highest BCUT2D eigenvalue weighted by Gasteiger charge is 2.51. The van der Waals surface area contributed by atoms with E-state index in [1.165, 1.54) is 0 Å². The molecule has 1 saturated heterocycles. The van der Waals surface area contributed by atoms with Crippen LogP contribution in [-0.4, -0.2) is 18.9 Å². The van der Waals surface area contributed by atoms with Crippen LogP contribution in [0.2, 0.25) is 0 Å². The maximum Gasteiger partial charge on any atom is 0.325 e. The number of carbonyl (C=O) groups excluding carboxylic acids is 1. The Morgan fingerprint density at radius 2 is 2.12 bits per heavy atom. The molecule has 130 valence electrons. The molecule has 0 radical (unpaired) electrons. The number of rotatable bonds is 2. The molecule has 2 atom stereocenters. The lowest BCUT2D eigenvalue weighted by atomic mass is 9.89. The monoisotopic (exact) mass is 402 g/mol. The van der Waals surface area contributed by atoms with E-state index in [-0.39, 0.29) is 12.1 Å². The third kappa shape index (κ3) is 2.47. The number of nitrogens with zero attached hydrogens (tertiary/aromatic N) is 1. The predicted molar refractivity (Wildman–Crippen MR) is 99.3 cm³/mol. The van der Waals surface area contributed by atoms with Gasteiger partial charge in [-0.2, -0.15) is 0 Å². The van der Waals surface area contributed by atoms with Crippen LogP contribution >= 0.6 is 15.9 Å². The van der Waals surface area contributed by atoms with Gasteiger partial charge in [0.25, 0.3) is 0 Å². The number of ether oxygens (including phenoxy) is 2.